The van der Waals surface area contributed by atoms with Gasteiger partial charge in [-0.25, -0.2) is 4.79 Å². The predicted molar refractivity (Wildman–Crippen MR) is 64.7 cm³/mol. The fourth-order valence-electron chi connectivity index (χ4n) is 1.08. The molecule has 0 saturated heterocycles. The van der Waals surface area contributed by atoms with Crippen LogP contribution in [0.1, 0.15) is 23.7 Å². The van der Waals surface area contributed by atoms with Crippen molar-refractivity contribution in [3.05, 3.63) is 28.2 Å². The van der Waals surface area contributed by atoms with E-state index in [-0.39, 0.29) is 5.56 Å². The Kier molecular flexibility index (Phi) is 4.87. The second-order valence-corrected chi connectivity index (χ2v) is 3.83. The van der Waals surface area contributed by atoms with Gasteiger partial charge < -0.3 is 9.84 Å². The summed E-state index contributed by atoms with van der Waals surface area (Å²) in [6.45, 7) is 2.21. The summed E-state index contributed by atoms with van der Waals surface area (Å²) in [4.78, 5) is 10.7. The summed E-state index contributed by atoms with van der Waals surface area (Å²) in [6, 6.07) is 4.67. The highest BCUT2D eigenvalue weighted by molar-refractivity contribution is 9.10. The predicted octanol–water partition coefficient (Wildman–Crippen LogP) is 2.94. The van der Waals surface area contributed by atoms with Crippen LogP contribution in [0.5, 0.6) is 5.75 Å². The number of hydrogen-bond acceptors (Lipinski definition) is 2. The average Bonchev–Trinajstić information content (AvgIpc) is 2.26. The van der Waals surface area contributed by atoms with Crippen LogP contribution in [0.25, 0.3) is 0 Å². The minimum Gasteiger partial charge on any atom is -0.491 e. The lowest BCUT2D eigenvalue weighted by Crippen LogP contribution is -2.00. The fraction of sp³-hybridized carbons (Fsp3) is 0.250. The lowest BCUT2D eigenvalue weighted by molar-refractivity contribution is 0.0696. The number of carbonyl (C=O) groups is 1. The van der Waals surface area contributed by atoms with Crippen LogP contribution in [-0.2, 0) is 0 Å². The van der Waals surface area contributed by atoms with Crippen LogP contribution in [0.4, 0.5) is 0 Å². The van der Waals surface area contributed by atoms with Crippen molar-refractivity contribution in [3.63, 3.8) is 0 Å². The van der Waals surface area contributed by atoms with Gasteiger partial charge in [-0.15, -0.1) is 11.8 Å². The Morgan fingerprint density at radius 2 is 2.31 bits per heavy atom. The van der Waals surface area contributed by atoms with Crippen LogP contribution in [0, 0.1) is 11.8 Å². The summed E-state index contributed by atoms with van der Waals surface area (Å²) in [7, 11) is 0. The van der Waals surface area contributed by atoms with Crippen molar-refractivity contribution >= 4 is 21.9 Å². The third kappa shape index (κ3) is 3.59. The topological polar surface area (TPSA) is 46.5 Å². The van der Waals surface area contributed by atoms with Crippen LogP contribution in [-0.4, -0.2) is 17.7 Å². The smallest absolute Gasteiger partial charge is 0.335 e. The number of hydrogen-bond donors (Lipinski definition) is 1. The third-order valence-corrected chi connectivity index (χ3v) is 2.49. The second kappa shape index (κ2) is 6.19. The van der Waals surface area contributed by atoms with Gasteiger partial charge >= 0.3 is 5.97 Å². The quantitative estimate of drug-likeness (QED) is 0.682. The Hall–Kier alpha value is -1.47. The standard InChI is InChI=1S/C12H11BrO3/c1-2-3-4-7-16-11-8-9(12(14)15)5-6-10(11)13/h5-6,8H,4,7H2,1H3,(H,14,15). The van der Waals surface area contributed by atoms with E-state index in [4.69, 9.17) is 9.84 Å². The molecule has 0 bridgehead atoms. The van der Waals surface area contributed by atoms with Crippen molar-refractivity contribution < 1.29 is 14.6 Å². The van der Waals surface area contributed by atoms with Crippen molar-refractivity contribution in [2.24, 2.45) is 0 Å². The maximum absolute atomic E-state index is 10.7. The molecule has 0 atom stereocenters. The van der Waals surface area contributed by atoms with Crippen LogP contribution in [0.2, 0.25) is 0 Å². The van der Waals surface area contributed by atoms with Crippen molar-refractivity contribution in [3.8, 4) is 17.6 Å². The normalized spacial score (nSPS) is 9.12. The Morgan fingerprint density at radius 3 is 2.94 bits per heavy atom. The molecule has 0 unspecified atom stereocenters. The van der Waals surface area contributed by atoms with E-state index in [1.165, 1.54) is 12.1 Å². The number of benzene rings is 1. The number of carboxylic acids is 1. The Labute approximate surface area is 103 Å². The summed E-state index contributed by atoms with van der Waals surface area (Å²) < 4.78 is 6.15. The van der Waals surface area contributed by atoms with Gasteiger partial charge in [-0.2, -0.15) is 0 Å². The van der Waals surface area contributed by atoms with E-state index in [1.54, 1.807) is 13.0 Å². The maximum Gasteiger partial charge on any atom is 0.335 e. The molecule has 0 aliphatic rings. The second-order valence-electron chi connectivity index (χ2n) is 2.98. The molecule has 0 fully saturated rings. The van der Waals surface area contributed by atoms with Crippen molar-refractivity contribution in [2.45, 2.75) is 13.3 Å². The lowest BCUT2D eigenvalue weighted by atomic mass is 10.2. The van der Waals surface area contributed by atoms with Crippen LogP contribution >= 0.6 is 15.9 Å². The van der Waals surface area contributed by atoms with Gasteiger partial charge in [-0.3, -0.25) is 0 Å². The van der Waals surface area contributed by atoms with E-state index in [0.29, 0.717) is 18.8 Å². The van der Waals surface area contributed by atoms with Crippen LogP contribution < -0.4 is 4.74 Å². The molecule has 16 heavy (non-hydrogen) atoms. The van der Waals surface area contributed by atoms with Gasteiger partial charge in [0.05, 0.1) is 16.6 Å². The molecule has 0 amide bonds. The number of aromatic carboxylic acids is 1. The molecule has 0 spiro atoms. The molecule has 84 valence electrons. The molecule has 1 N–H and O–H groups in total. The highest BCUT2D eigenvalue weighted by Gasteiger charge is 2.07. The summed E-state index contributed by atoms with van der Waals surface area (Å²) in [5, 5.41) is 8.82. The number of halogens is 1. The number of ether oxygens (including phenoxy) is 1. The van der Waals surface area contributed by atoms with Crippen molar-refractivity contribution in [1.82, 2.24) is 0 Å². The lowest BCUT2D eigenvalue weighted by Gasteiger charge is -2.07. The first-order valence-corrected chi connectivity index (χ1v) is 5.49. The summed E-state index contributed by atoms with van der Waals surface area (Å²) in [5.41, 5.74) is 0.208. The van der Waals surface area contributed by atoms with E-state index in [2.05, 4.69) is 27.8 Å². The Bertz CT molecular complexity index is 443. The molecule has 0 aliphatic heterocycles. The van der Waals surface area contributed by atoms with Crippen LogP contribution in [0.3, 0.4) is 0 Å². The fourth-order valence-corrected chi connectivity index (χ4v) is 1.45. The molecule has 0 saturated carbocycles. The average molecular weight is 283 g/mol. The molecule has 0 heterocycles. The molecule has 1 aromatic rings. The zero-order valence-corrected chi connectivity index (χ0v) is 10.4. The van der Waals surface area contributed by atoms with Gasteiger partial charge in [-0.1, -0.05) is 0 Å². The van der Waals surface area contributed by atoms with E-state index in [0.717, 1.165) is 4.47 Å². The summed E-state index contributed by atoms with van der Waals surface area (Å²) in [5.74, 6) is 5.19. The first-order chi connectivity index (χ1) is 7.65. The third-order valence-electron chi connectivity index (χ3n) is 1.84. The summed E-state index contributed by atoms with van der Waals surface area (Å²) >= 11 is 3.29. The van der Waals surface area contributed by atoms with Gasteiger partial charge in [0, 0.05) is 6.42 Å². The molecule has 0 radical (unpaired) electrons. The highest BCUT2D eigenvalue weighted by atomic mass is 79.9. The molecule has 1 rings (SSSR count). The molecule has 3 nitrogen and oxygen atoms in total. The first-order valence-electron chi connectivity index (χ1n) is 4.70. The monoisotopic (exact) mass is 282 g/mol. The zero-order valence-electron chi connectivity index (χ0n) is 8.79. The van der Waals surface area contributed by atoms with Crippen LogP contribution in [0.15, 0.2) is 22.7 Å². The molecular formula is C12H11BrO3. The Morgan fingerprint density at radius 1 is 1.56 bits per heavy atom. The molecule has 0 aliphatic carbocycles. The minimum absolute atomic E-state index is 0.208. The molecule has 1 aromatic carbocycles. The van der Waals surface area contributed by atoms with Gasteiger partial charge in [-0.05, 0) is 41.1 Å². The molecule has 0 aromatic heterocycles. The van der Waals surface area contributed by atoms with Crippen molar-refractivity contribution in [1.29, 1.82) is 0 Å². The zero-order chi connectivity index (χ0) is 12.0. The van der Waals surface area contributed by atoms with E-state index in [1.807, 2.05) is 0 Å². The van der Waals surface area contributed by atoms with Gasteiger partial charge in [0.25, 0.3) is 0 Å². The number of carboxylic acid groups (broad SMARTS) is 1. The van der Waals surface area contributed by atoms with Crippen molar-refractivity contribution in [2.75, 3.05) is 6.61 Å². The van der Waals surface area contributed by atoms with Gasteiger partial charge in [0.1, 0.15) is 5.75 Å². The highest BCUT2D eigenvalue weighted by Crippen LogP contribution is 2.26. The molecule has 4 heteroatoms. The van der Waals surface area contributed by atoms with Gasteiger partial charge in [0.2, 0.25) is 0 Å². The maximum atomic E-state index is 10.7. The first kappa shape index (κ1) is 12.6. The Balaban J connectivity index is 2.73. The minimum atomic E-state index is -0.967. The largest absolute Gasteiger partial charge is 0.491 e. The van der Waals surface area contributed by atoms with Gasteiger partial charge in [0.15, 0.2) is 0 Å². The summed E-state index contributed by atoms with van der Waals surface area (Å²) in [6.07, 6.45) is 0.625. The van der Waals surface area contributed by atoms with E-state index < -0.39 is 5.97 Å². The SMILES string of the molecule is CC#CCCOc1cc(C(=O)O)ccc1Br. The number of rotatable bonds is 4. The molecular weight excluding hydrogens is 272 g/mol. The van der Waals surface area contributed by atoms with E-state index >= 15 is 0 Å². The van der Waals surface area contributed by atoms with E-state index in [9.17, 15) is 4.79 Å².